The summed E-state index contributed by atoms with van der Waals surface area (Å²) in [6.07, 6.45) is -0.808. The quantitative estimate of drug-likeness (QED) is 0.791. The molecule has 1 saturated heterocycles. The lowest BCUT2D eigenvalue weighted by Gasteiger charge is -2.42. The highest BCUT2D eigenvalue weighted by atomic mass is 16.5. The van der Waals surface area contributed by atoms with Gasteiger partial charge in [-0.2, -0.15) is 0 Å². The molecule has 1 N–H and O–H groups in total. The van der Waals surface area contributed by atoms with Crippen LogP contribution in [0.15, 0.2) is 36.4 Å². The van der Waals surface area contributed by atoms with Crippen LogP contribution in [0, 0.1) is 13.8 Å². The number of carbonyl (C=O) groups excluding carboxylic acids is 2. The Bertz CT molecular complexity index is 914. The van der Waals surface area contributed by atoms with Crippen molar-refractivity contribution in [3.05, 3.63) is 58.8 Å². The fraction of sp³-hybridized carbons (Fsp3) is 0.435. The zero-order valence-corrected chi connectivity index (χ0v) is 18.1. The molecule has 2 atom stereocenters. The van der Waals surface area contributed by atoms with Gasteiger partial charge in [0.2, 0.25) is 11.8 Å². The number of amides is 2. The third kappa shape index (κ3) is 4.46. The number of carbonyl (C=O) groups is 2. The molecule has 2 aromatic rings. The minimum absolute atomic E-state index is 0.0643. The lowest BCUT2D eigenvalue weighted by atomic mass is 9.95. The molecule has 0 saturated carbocycles. The number of rotatable bonds is 6. The van der Waals surface area contributed by atoms with E-state index in [-0.39, 0.29) is 31.0 Å². The zero-order chi connectivity index (χ0) is 21.8. The molecule has 3 rings (SSSR count). The van der Waals surface area contributed by atoms with Crippen LogP contribution in [-0.2, 0) is 20.9 Å². The number of hydrogen-bond acceptors (Lipinski definition) is 5. The summed E-state index contributed by atoms with van der Waals surface area (Å²) in [7, 11) is 1.56. The summed E-state index contributed by atoms with van der Waals surface area (Å²) in [5.41, 5.74) is 3.53. The number of ether oxygens (including phenoxy) is 2. The van der Waals surface area contributed by atoms with Crippen LogP contribution >= 0.6 is 0 Å². The van der Waals surface area contributed by atoms with Crippen LogP contribution in [0.3, 0.4) is 0 Å². The number of pyridine rings is 1. The molecule has 0 bridgehead atoms. The van der Waals surface area contributed by atoms with Crippen molar-refractivity contribution in [1.82, 2.24) is 15.2 Å². The van der Waals surface area contributed by atoms with Gasteiger partial charge in [0.05, 0.1) is 13.2 Å². The van der Waals surface area contributed by atoms with Crippen molar-refractivity contribution in [2.75, 3.05) is 13.7 Å². The molecule has 1 aliphatic heterocycles. The van der Waals surface area contributed by atoms with E-state index in [2.05, 4.69) is 10.3 Å². The first-order valence-electron chi connectivity index (χ1n) is 10.1. The first-order chi connectivity index (χ1) is 14.3. The summed E-state index contributed by atoms with van der Waals surface area (Å²) in [6, 6.07) is 10.9. The highest BCUT2D eigenvalue weighted by Crippen LogP contribution is 2.32. The predicted octanol–water partition coefficient (Wildman–Crippen LogP) is 2.70. The molecule has 0 unspecified atom stereocenters. The van der Waals surface area contributed by atoms with Crippen LogP contribution in [-0.4, -0.2) is 47.6 Å². The summed E-state index contributed by atoms with van der Waals surface area (Å²) in [4.78, 5) is 31.9. The molecule has 2 amide bonds. The van der Waals surface area contributed by atoms with Crippen molar-refractivity contribution < 1.29 is 19.1 Å². The second-order valence-corrected chi connectivity index (χ2v) is 7.77. The number of nitrogens with zero attached hydrogens (tertiary/aromatic N) is 2. The average Bonchev–Trinajstić information content (AvgIpc) is 2.72. The van der Waals surface area contributed by atoms with Crippen LogP contribution in [0.1, 0.15) is 42.3 Å². The third-order valence-corrected chi connectivity index (χ3v) is 5.29. The summed E-state index contributed by atoms with van der Waals surface area (Å²) in [5, 5.41) is 2.96. The number of nitrogens with one attached hydrogen (secondary N) is 1. The second-order valence-electron chi connectivity index (χ2n) is 7.77. The minimum Gasteiger partial charge on any atom is -0.481 e. The maximum absolute atomic E-state index is 13.2. The Hall–Kier alpha value is -2.93. The lowest BCUT2D eigenvalue weighted by Crippen LogP contribution is -2.56. The van der Waals surface area contributed by atoms with E-state index in [0.717, 1.165) is 22.4 Å². The Morgan fingerprint density at radius 2 is 2.00 bits per heavy atom. The van der Waals surface area contributed by atoms with Gasteiger partial charge >= 0.3 is 0 Å². The Balaban J connectivity index is 1.86. The van der Waals surface area contributed by atoms with Gasteiger partial charge in [0.1, 0.15) is 6.61 Å². The number of aryl methyl sites for hydroxylation is 2. The predicted molar refractivity (Wildman–Crippen MR) is 113 cm³/mol. The van der Waals surface area contributed by atoms with Crippen molar-refractivity contribution in [1.29, 1.82) is 0 Å². The van der Waals surface area contributed by atoms with Gasteiger partial charge < -0.3 is 19.7 Å². The standard InChI is InChI=1S/C23H29N3O4/c1-14(2)26-19(27)13-30-21(20(26)17-9-7-6-8-10-17)22(28)24-12-18-15(3)11-16(4)25-23(18)29-5/h6-11,14,20-21H,12-13H2,1-5H3,(H,24,28)/t20-,21+/m1/s1. The number of morpholine rings is 1. The van der Waals surface area contributed by atoms with Crippen LogP contribution in [0.4, 0.5) is 0 Å². The topological polar surface area (TPSA) is 80.8 Å². The molecule has 2 heterocycles. The molecule has 1 aliphatic rings. The Kier molecular flexibility index (Phi) is 6.72. The van der Waals surface area contributed by atoms with Gasteiger partial charge in [-0.05, 0) is 44.9 Å². The van der Waals surface area contributed by atoms with Crippen LogP contribution in [0.5, 0.6) is 5.88 Å². The normalized spacial score (nSPS) is 19.1. The molecule has 1 aromatic carbocycles. The summed E-state index contributed by atoms with van der Waals surface area (Å²) in [5.74, 6) is 0.100. The van der Waals surface area contributed by atoms with E-state index < -0.39 is 12.1 Å². The fourth-order valence-electron chi connectivity index (χ4n) is 3.93. The molecule has 30 heavy (non-hydrogen) atoms. The van der Waals surface area contributed by atoms with E-state index in [4.69, 9.17) is 9.47 Å². The minimum atomic E-state index is -0.808. The van der Waals surface area contributed by atoms with E-state index in [0.29, 0.717) is 5.88 Å². The monoisotopic (exact) mass is 411 g/mol. The van der Waals surface area contributed by atoms with Crippen molar-refractivity contribution in [2.24, 2.45) is 0 Å². The van der Waals surface area contributed by atoms with Gasteiger partial charge in [-0.3, -0.25) is 9.59 Å². The van der Waals surface area contributed by atoms with Gasteiger partial charge in [-0.1, -0.05) is 30.3 Å². The number of methoxy groups -OCH3 is 1. The largest absolute Gasteiger partial charge is 0.481 e. The molecule has 7 heteroatoms. The van der Waals surface area contributed by atoms with E-state index in [1.807, 2.05) is 64.1 Å². The fourth-order valence-corrected chi connectivity index (χ4v) is 3.93. The summed E-state index contributed by atoms with van der Waals surface area (Å²) in [6.45, 7) is 7.89. The number of hydrogen-bond donors (Lipinski definition) is 1. The van der Waals surface area contributed by atoms with Crippen molar-refractivity contribution in [2.45, 2.75) is 52.4 Å². The maximum Gasteiger partial charge on any atom is 0.251 e. The molecule has 7 nitrogen and oxygen atoms in total. The van der Waals surface area contributed by atoms with Crippen molar-refractivity contribution >= 4 is 11.8 Å². The van der Waals surface area contributed by atoms with Crippen molar-refractivity contribution in [3.8, 4) is 5.88 Å². The Morgan fingerprint density at radius 1 is 1.30 bits per heavy atom. The summed E-state index contributed by atoms with van der Waals surface area (Å²) >= 11 is 0. The smallest absolute Gasteiger partial charge is 0.251 e. The van der Waals surface area contributed by atoms with E-state index in [1.165, 1.54) is 0 Å². The highest BCUT2D eigenvalue weighted by Gasteiger charge is 2.42. The van der Waals surface area contributed by atoms with Gasteiger partial charge in [-0.15, -0.1) is 0 Å². The molecular formula is C23H29N3O4. The number of aromatic nitrogens is 1. The van der Waals surface area contributed by atoms with Crippen LogP contribution < -0.4 is 10.1 Å². The molecule has 0 aliphatic carbocycles. The SMILES string of the molecule is COc1nc(C)cc(C)c1CNC(=O)[C@H]1OCC(=O)N(C(C)C)[C@@H]1c1ccccc1. The second kappa shape index (κ2) is 9.26. The number of benzene rings is 1. The van der Waals surface area contributed by atoms with Gasteiger partial charge in [0.25, 0.3) is 5.91 Å². The van der Waals surface area contributed by atoms with Crippen LogP contribution in [0.2, 0.25) is 0 Å². The van der Waals surface area contributed by atoms with Gasteiger partial charge in [0.15, 0.2) is 6.10 Å². The molecule has 0 radical (unpaired) electrons. The summed E-state index contributed by atoms with van der Waals surface area (Å²) < 4.78 is 11.1. The van der Waals surface area contributed by atoms with E-state index in [9.17, 15) is 9.59 Å². The highest BCUT2D eigenvalue weighted by molar-refractivity contribution is 5.86. The van der Waals surface area contributed by atoms with Crippen LogP contribution in [0.25, 0.3) is 0 Å². The molecular weight excluding hydrogens is 382 g/mol. The first-order valence-corrected chi connectivity index (χ1v) is 10.1. The Labute approximate surface area is 177 Å². The zero-order valence-electron chi connectivity index (χ0n) is 18.1. The maximum atomic E-state index is 13.2. The molecule has 1 aromatic heterocycles. The molecule has 0 spiro atoms. The average molecular weight is 412 g/mol. The Morgan fingerprint density at radius 3 is 2.63 bits per heavy atom. The lowest BCUT2D eigenvalue weighted by molar-refractivity contribution is -0.167. The van der Waals surface area contributed by atoms with Gasteiger partial charge in [-0.25, -0.2) is 4.98 Å². The molecule has 1 fully saturated rings. The first kappa shape index (κ1) is 21.8. The van der Waals surface area contributed by atoms with E-state index >= 15 is 0 Å². The molecule has 160 valence electrons. The third-order valence-electron chi connectivity index (χ3n) is 5.29. The van der Waals surface area contributed by atoms with Gasteiger partial charge in [0, 0.05) is 23.8 Å². The van der Waals surface area contributed by atoms with E-state index in [1.54, 1.807) is 12.0 Å². The van der Waals surface area contributed by atoms with Crippen molar-refractivity contribution in [3.63, 3.8) is 0 Å².